The molecular weight excluding hydrogens is 614 g/mol. The fourth-order valence-corrected chi connectivity index (χ4v) is 7.41. The minimum Gasteiger partial charge on any atom is -0.493 e. The molecule has 0 bridgehead atoms. The van der Waals surface area contributed by atoms with E-state index in [0.29, 0.717) is 53.4 Å². The number of nitrogens with zero attached hydrogens (tertiary/aromatic N) is 2. The van der Waals surface area contributed by atoms with Crippen molar-refractivity contribution < 1.29 is 37.0 Å². The number of anilines is 2. The second kappa shape index (κ2) is 14.5. The maximum absolute atomic E-state index is 14.6. The second-order valence-corrected chi connectivity index (χ2v) is 13.3. The minimum atomic E-state index is -3.76. The maximum Gasteiger partial charge on any atom is 0.411 e. The van der Waals surface area contributed by atoms with Gasteiger partial charge in [0, 0.05) is 18.4 Å². The van der Waals surface area contributed by atoms with Gasteiger partial charge in [-0.2, -0.15) is 0 Å². The van der Waals surface area contributed by atoms with E-state index in [1.807, 2.05) is 13.8 Å². The van der Waals surface area contributed by atoms with Crippen molar-refractivity contribution in [3.63, 3.8) is 0 Å². The number of likely N-dealkylation sites (tertiary alicyclic amines) is 1. The van der Waals surface area contributed by atoms with Crippen molar-refractivity contribution in [2.45, 2.75) is 43.7 Å². The van der Waals surface area contributed by atoms with Gasteiger partial charge in [-0.3, -0.25) is 19.9 Å². The molecule has 246 valence electrons. The van der Waals surface area contributed by atoms with Crippen LogP contribution in [0.1, 0.15) is 60.3 Å². The Balaban J connectivity index is 1.82. The topological polar surface area (TPSA) is 179 Å². The van der Waals surface area contributed by atoms with E-state index in [4.69, 9.17) is 19.9 Å². The number of nitrogens with one attached hydrogen (secondary N) is 2. The number of methoxy groups -OCH3 is 3. The molecule has 0 aliphatic carbocycles. The SMILES string of the molecule is COC(=O)Nc1ccc(S(=O)(=O)CC(C)C)c([C@H]2CCCN2C(=O)[C@@H](Nc2cncc(C(N)=O)c2)c2ccc(OC)c(OC)c2)c1. The molecule has 2 atom stereocenters. The molecule has 3 amide bonds. The predicted molar refractivity (Wildman–Crippen MR) is 172 cm³/mol. The number of carbonyl (C=O) groups excluding carboxylic acids is 3. The molecule has 4 rings (SSSR count). The summed E-state index contributed by atoms with van der Waals surface area (Å²) in [6, 6.07) is 9.45. The van der Waals surface area contributed by atoms with Crippen LogP contribution in [0.4, 0.5) is 16.2 Å². The van der Waals surface area contributed by atoms with E-state index in [-0.39, 0.29) is 28.0 Å². The monoisotopic (exact) mass is 653 g/mol. The van der Waals surface area contributed by atoms with Crippen molar-refractivity contribution in [1.29, 1.82) is 0 Å². The summed E-state index contributed by atoms with van der Waals surface area (Å²) in [5.41, 5.74) is 7.23. The fraction of sp³-hybridized carbons (Fsp3) is 0.375. The van der Waals surface area contributed by atoms with Crippen LogP contribution < -0.4 is 25.8 Å². The summed E-state index contributed by atoms with van der Waals surface area (Å²) in [5.74, 6) is -0.425. The molecule has 0 spiro atoms. The number of aromatic nitrogens is 1. The first-order chi connectivity index (χ1) is 21.9. The first-order valence-corrected chi connectivity index (χ1v) is 16.3. The third-order valence-electron chi connectivity index (χ3n) is 7.55. The summed E-state index contributed by atoms with van der Waals surface area (Å²) in [6.45, 7) is 3.97. The zero-order valence-corrected chi connectivity index (χ0v) is 27.2. The number of pyridine rings is 1. The Morgan fingerprint density at radius 1 is 1.00 bits per heavy atom. The molecule has 1 fully saturated rings. The lowest BCUT2D eigenvalue weighted by Gasteiger charge is -2.31. The third-order valence-corrected chi connectivity index (χ3v) is 9.69. The smallest absolute Gasteiger partial charge is 0.411 e. The van der Waals surface area contributed by atoms with E-state index in [1.165, 1.54) is 51.9 Å². The van der Waals surface area contributed by atoms with Gasteiger partial charge in [0.05, 0.1) is 55.5 Å². The van der Waals surface area contributed by atoms with Gasteiger partial charge in [0.15, 0.2) is 21.3 Å². The van der Waals surface area contributed by atoms with Crippen molar-refractivity contribution in [1.82, 2.24) is 9.88 Å². The molecule has 1 aliphatic rings. The molecule has 4 N–H and O–H groups in total. The van der Waals surface area contributed by atoms with Gasteiger partial charge in [0.2, 0.25) is 11.8 Å². The highest BCUT2D eigenvalue weighted by Gasteiger charge is 2.38. The van der Waals surface area contributed by atoms with Crippen molar-refractivity contribution in [3.05, 3.63) is 71.5 Å². The van der Waals surface area contributed by atoms with E-state index < -0.39 is 33.9 Å². The Hall–Kier alpha value is -4.85. The molecule has 1 aromatic heterocycles. The average Bonchev–Trinajstić information content (AvgIpc) is 3.52. The van der Waals surface area contributed by atoms with Crippen LogP contribution in [0.15, 0.2) is 59.8 Å². The van der Waals surface area contributed by atoms with Gasteiger partial charge >= 0.3 is 6.09 Å². The zero-order valence-electron chi connectivity index (χ0n) is 26.4. The molecule has 3 aromatic rings. The molecule has 0 radical (unpaired) electrons. The van der Waals surface area contributed by atoms with Gasteiger partial charge in [-0.05, 0) is 66.3 Å². The Bertz CT molecular complexity index is 1710. The van der Waals surface area contributed by atoms with Gasteiger partial charge in [-0.25, -0.2) is 13.2 Å². The standard InChI is InChI=1S/C32H39N5O8S/c1-19(2)18-46(41,42)28-11-9-22(36-32(40)45-5)15-24(28)25-7-6-12-37(25)31(39)29(20-8-10-26(43-3)27(14-20)44-4)35-23-13-21(30(33)38)16-34-17-23/h8-11,13-17,19,25,29,35H,6-7,12,18H2,1-5H3,(H2,33,38)(H,36,40)/t25-,29+/m1/s1. The van der Waals surface area contributed by atoms with Gasteiger partial charge in [-0.15, -0.1) is 0 Å². The Kier molecular flexibility index (Phi) is 10.7. The van der Waals surface area contributed by atoms with Crippen molar-refractivity contribution in [2.75, 3.05) is 44.3 Å². The second-order valence-electron chi connectivity index (χ2n) is 11.3. The van der Waals surface area contributed by atoms with Crippen LogP contribution in [0.5, 0.6) is 11.5 Å². The molecule has 2 heterocycles. The highest BCUT2D eigenvalue weighted by Crippen LogP contribution is 2.40. The highest BCUT2D eigenvalue weighted by atomic mass is 32.2. The minimum absolute atomic E-state index is 0.0929. The zero-order chi connectivity index (χ0) is 33.6. The van der Waals surface area contributed by atoms with Gasteiger partial charge in [0.25, 0.3) is 0 Å². The summed E-state index contributed by atoms with van der Waals surface area (Å²) < 4.78 is 42.8. The number of rotatable bonds is 12. The number of sulfone groups is 1. The largest absolute Gasteiger partial charge is 0.493 e. The lowest BCUT2D eigenvalue weighted by Crippen LogP contribution is -2.38. The molecular formula is C32H39N5O8S. The van der Waals surface area contributed by atoms with Crippen LogP contribution in [-0.2, 0) is 19.4 Å². The molecule has 1 aliphatic heterocycles. The average molecular weight is 654 g/mol. The lowest BCUT2D eigenvalue weighted by molar-refractivity contribution is -0.133. The number of primary amides is 1. The van der Waals surface area contributed by atoms with Crippen molar-refractivity contribution in [3.8, 4) is 11.5 Å². The number of amides is 3. The van der Waals surface area contributed by atoms with Crippen molar-refractivity contribution in [2.24, 2.45) is 11.7 Å². The van der Waals surface area contributed by atoms with E-state index in [2.05, 4.69) is 15.6 Å². The van der Waals surface area contributed by atoms with E-state index in [0.717, 1.165) is 0 Å². The fourth-order valence-electron chi connectivity index (χ4n) is 5.53. The summed E-state index contributed by atoms with van der Waals surface area (Å²) in [6.07, 6.45) is 3.16. The Morgan fingerprint density at radius 2 is 1.74 bits per heavy atom. The van der Waals surface area contributed by atoms with Crippen molar-refractivity contribution >= 4 is 39.1 Å². The molecule has 0 saturated carbocycles. The number of ether oxygens (including phenoxy) is 3. The van der Waals surface area contributed by atoms with Crippen LogP contribution in [-0.4, -0.2) is 69.8 Å². The predicted octanol–water partition coefficient (Wildman–Crippen LogP) is 4.32. The first-order valence-electron chi connectivity index (χ1n) is 14.6. The normalized spacial score (nSPS) is 15.3. The van der Waals surface area contributed by atoms with Crippen LogP contribution in [0, 0.1) is 5.92 Å². The third kappa shape index (κ3) is 7.68. The van der Waals surface area contributed by atoms with Crippen LogP contribution in [0.2, 0.25) is 0 Å². The number of hydrogen-bond acceptors (Lipinski definition) is 10. The van der Waals surface area contributed by atoms with Gasteiger partial charge < -0.3 is 30.2 Å². The van der Waals surface area contributed by atoms with Gasteiger partial charge in [0.1, 0.15) is 6.04 Å². The van der Waals surface area contributed by atoms with Gasteiger partial charge in [-0.1, -0.05) is 19.9 Å². The van der Waals surface area contributed by atoms with E-state index >= 15 is 0 Å². The molecule has 46 heavy (non-hydrogen) atoms. The number of nitrogens with two attached hydrogens (primary N) is 1. The Morgan fingerprint density at radius 3 is 2.39 bits per heavy atom. The number of hydrogen-bond donors (Lipinski definition) is 3. The lowest BCUT2D eigenvalue weighted by atomic mass is 10.0. The molecule has 13 nitrogen and oxygen atoms in total. The molecule has 1 saturated heterocycles. The summed E-state index contributed by atoms with van der Waals surface area (Å²) >= 11 is 0. The van der Waals surface area contributed by atoms with E-state index in [9.17, 15) is 22.8 Å². The Labute approximate surface area is 268 Å². The molecule has 14 heteroatoms. The summed E-state index contributed by atoms with van der Waals surface area (Å²) in [4.78, 5) is 44.3. The van der Waals surface area contributed by atoms with Crippen LogP contribution in [0.25, 0.3) is 0 Å². The number of carbonyl (C=O) groups is 3. The van der Waals surface area contributed by atoms with Crippen LogP contribution >= 0.6 is 0 Å². The highest BCUT2D eigenvalue weighted by molar-refractivity contribution is 7.91. The summed E-state index contributed by atoms with van der Waals surface area (Å²) in [7, 11) is 0.455. The number of benzene rings is 2. The van der Waals surface area contributed by atoms with E-state index in [1.54, 1.807) is 29.2 Å². The van der Waals surface area contributed by atoms with Crippen LogP contribution in [0.3, 0.4) is 0 Å². The maximum atomic E-state index is 14.6. The first kappa shape index (κ1) is 34.0. The molecule has 2 aromatic carbocycles. The quantitative estimate of drug-likeness (QED) is 0.255. The molecule has 0 unspecified atom stereocenters. The summed E-state index contributed by atoms with van der Waals surface area (Å²) in [5, 5.41) is 5.79.